The molecular weight excluding hydrogens is 248 g/mol. The minimum absolute atomic E-state index is 0.331. The molecule has 114 valence electrons. The van der Waals surface area contributed by atoms with Crippen LogP contribution in [0.3, 0.4) is 0 Å². The Morgan fingerprint density at radius 3 is 2.55 bits per heavy atom. The minimum atomic E-state index is -0.331. The second-order valence-corrected chi connectivity index (χ2v) is 6.93. The van der Waals surface area contributed by atoms with Gasteiger partial charge in [-0.15, -0.1) is 0 Å². The highest BCUT2D eigenvalue weighted by Gasteiger charge is 2.47. The number of nitrogens with one attached hydrogen (secondary N) is 1. The summed E-state index contributed by atoms with van der Waals surface area (Å²) in [5, 5.41) is 13.4. The molecular formula is C16H30N4. The van der Waals surface area contributed by atoms with Crippen molar-refractivity contribution >= 4 is 0 Å². The lowest BCUT2D eigenvalue weighted by atomic mass is 9.92. The molecule has 1 heterocycles. The number of hydrogen-bond donors (Lipinski definition) is 1. The number of likely N-dealkylation sites (N-methyl/N-ethyl adjacent to an activating group) is 1. The molecule has 0 aromatic carbocycles. The first kappa shape index (κ1) is 15.8. The lowest BCUT2D eigenvalue weighted by Gasteiger charge is -2.43. The monoisotopic (exact) mass is 278 g/mol. The maximum atomic E-state index is 9.79. The summed E-state index contributed by atoms with van der Waals surface area (Å²) in [5.41, 5.74) is -0.331. The van der Waals surface area contributed by atoms with Crippen LogP contribution < -0.4 is 5.32 Å². The van der Waals surface area contributed by atoms with E-state index in [0.29, 0.717) is 18.0 Å². The first-order chi connectivity index (χ1) is 9.50. The van der Waals surface area contributed by atoms with Crippen LogP contribution in [0.5, 0.6) is 0 Å². The van der Waals surface area contributed by atoms with Crippen LogP contribution >= 0.6 is 0 Å². The van der Waals surface area contributed by atoms with Crippen molar-refractivity contribution in [1.82, 2.24) is 15.1 Å². The largest absolute Gasteiger partial charge is 0.301 e. The van der Waals surface area contributed by atoms with Crippen molar-refractivity contribution < 1.29 is 0 Å². The van der Waals surface area contributed by atoms with Gasteiger partial charge in [-0.25, -0.2) is 0 Å². The Balaban J connectivity index is 2.03. The third-order valence-corrected chi connectivity index (χ3v) is 4.83. The predicted molar refractivity (Wildman–Crippen MR) is 82.5 cm³/mol. The van der Waals surface area contributed by atoms with Crippen LogP contribution in [0.2, 0.25) is 0 Å². The average molecular weight is 278 g/mol. The second-order valence-electron chi connectivity index (χ2n) is 6.93. The first-order valence-corrected chi connectivity index (χ1v) is 8.12. The third kappa shape index (κ3) is 3.52. The van der Waals surface area contributed by atoms with Gasteiger partial charge >= 0.3 is 0 Å². The Morgan fingerprint density at radius 2 is 2.05 bits per heavy atom. The van der Waals surface area contributed by atoms with E-state index in [0.717, 1.165) is 26.2 Å². The topological polar surface area (TPSA) is 42.3 Å². The number of hydrogen-bond acceptors (Lipinski definition) is 4. The van der Waals surface area contributed by atoms with Crippen molar-refractivity contribution in [3.63, 3.8) is 0 Å². The highest BCUT2D eigenvalue weighted by Crippen LogP contribution is 2.40. The van der Waals surface area contributed by atoms with Crippen LogP contribution in [0, 0.1) is 17.2 Å². The van der Waals surface area contributed by atoms with Gasteiger partial charge in [0, 0.05) is 38.3 Å². The Bertz CT molecular complexity index is 358. The van der Waals surface area contributed by atoms with Crippen molar-refractivity contribution in [3.05, 3.63) is 0 Å². The molecule has 0 aromatic rings. The van der Waals surface area contributed by atoms with Crippen molar-refractivity contribution in [2.75, 3.05) is 33.2 Å². The zero-order valence-electron chi connectivity index (χ0n) is 13.5. The fourth-order valence-corrected chi connectivity index (χ4v) is 3.49. The summed E-state index contributed by atoms with van der Waals surface area (Å²) in [6.45, 7) is 10.7. The van der Waals surface area contributed by atoms with Crippen LogP contribution in [0.1, 0.15) is 40.0 Å². The van der Waals surface area contributed by atoms with Crippen LogP contribution in [0.4, 0.5) is 0 Å². The summed E-state index contributed by atoms with van der Waals surface area (Å²) in [7, 11) is 2.22. The van der Waals surface area contributed by atoms with Gasteiger partial charge < -0.3 is 4.90 Å². The van der Waals surface area contributed by atoms with Gasteiger partial charge in [0.2, 0.25) is 0 Å². The van der Waals surface area contributed by atoms with E-state index in [2.05, 4.69) is 49.0 Å². The summed E-state index contributed by atoms with van der Waals surface area (Å²) in [6, 6.07) is 3.64. The van der Waals surface area contributed by atoms with E-state index < -0.39 is 0 Å². The molecule has 0 amide bonds. The van der Waals surface area contributed by atoms with Gasteiger partial charge in [0.1, 0.15) is 5.54 Å². The fourth-order valence-electron chi connectivity index (χ4n) is 3.49. The van der Waals surface area contributed by atoms with Gasteiger partial charge in [0.05, 0.1) is 6.07 Å². The molecule has 2 atom stereocenters. The van der Waals surface area contributed by atoms with Crippen LogP contribution in [-0.2, 0) is 0 Å². The summed E-state index contributed by atoms with van der Waals surface area (Å²) in [4.78, 5) is 4.96. The molecule has 0 aromatic heterocycles. The molecule has 1 saturated carbocycles. The Labute approximate surface area is 124 Å². The number of nitrogens with zero attached hydrogens (tertiary/aromatic N) is 3. The molecule has 1 saturated heterocycles. The Kier molecular flexibility index (Phi) is 5.06. The SMILES string of the molecule is CCC1CN(CC(C#N)(NC(C)C)C2CC2)CCN1C. The summed E-state index contributed by atoms with van der Waals surface area (Å²) in [6.07, 6.45) is 3.60. The van der Waals surface area contributed by atoms with Crippen molar-refractivity contribution in [2.24, 2.45) is 5.92 Å². The maximum Gasteiger partial charge on any atom is 0.122 e. The highest BCUT2D eigenvalue weighted by molar-refractivity contribution is 5.17. The van der Waals surface area contributed by atoms with E-state index in [1.54, 1.807) is 0 Å². The maximum absolute atomic E-state index is 9.79. The summed E-state index contributed by atoms with van der Waals surface area (Å²) >= 11 is 0. The molecule has 4 nitrogen and oxygen atoms in total. The quantitative estimate of drug-likeness (QED) is 0.803. The summed E-state index contributed by atoms with van der Waals surface area (Å²) < 4.78 is 0. The second kappa shape index (κ2) is 6.43. The number of nitriles is 1. The average Bonchev–Trinajstić information content (AvgIpc) is 3.24. The predicted octanol–water partition coefficient (Wildman–Crippen LogP) is 1.68. The smallest absolute Gasteiger partial charge is 0.122 e. The molecule has 2 aliphatic rings. The summed E-state index contributed by atoms with van der Waals surface area (Å²) in [5.74, 6) is 0.551. The first-order valence-electron chi connectivity index (χ1n) is 8.12. The van der Waals surface area contributed by atoms with E-state index in [1.165, 1.54) is 19.3 Å². The minimum Gasteiger partial charge on any atom is -0.301 e. The number of rotatable bonds is 6. The molecule has 0 spiro atoms. The van der Waals surface area contributed by atoms with Crippen molar-refractivity contribution in [3.8, 4) is 6.07 Å². The fraction of sp³-hybridized carbons (Fsp3) is 0.938. The van der Waals surface area contributed by atoms with Gasteiger partial charge in [-0.3, -0.25) is 10.2 Å². The molecule has 1 aliphatic carbocycles. The van der Waals surface area contributed by atoms with Crippen molar-refractivity contribution in [2.45, 2.75) is 57.7 Å². The lowest BCUT2D eigenvalue weighted by Crippen LogP contribution is -2.60. The van der Waals surface area contributed by atoms with E-state index in [4.69, 9.17) is 0 Å². The van der Waals surface area contributed by atoms with Crippen LogP contribution in [0.25, 0.3) is 0 Å². The molecule has 1 aliphatic heterocycles. The van der Waals surface area contributed by atoms with Crippen molar-refractivity contribution in [1.29, 1.82) is 5.26 Å². The van der Waals surface area contributed by atoms with Gasteiger partial charge in [-0.1, -0.05) is 6.92 Å². The molecule has 20 heavy (non-hydrogen) atoms. The van der Waals surface area contributed by atoms with Gasteiger partial charge in [-0.2, -0.15) is 5.26 Å². The zero-order chi connectivity index (χ0) is 14.8. The van der Waals surface area contributed by atoms with Gasteiger partial charge in [-0.05, 0) is 46.1 Å². The highest BCUT2D eigenvalue weighted by atomic mass is 15.3. The zero-order valence-corrected chi connectivity index (χ0v) is 13.5. The van der Waals surface area contributed by atoms with E-state index in [9.17, 15) is 5.26 Å². The molecule has 0 bridgehead atoms. The number of piperazine rings is 1. The van der Waals surface area contributed by atoms with Crippen LogP contribution in [-0.4, -0.2) is 60.6 Å². The molecule has 2 fully saturated rings. The normalized spacial score (nSPS) is 28.3. The van der Waals surface area contributed by atoms with E-state index >= 15 is 0 Å². The van der Waals surface area contributed by atoms with E-state index in [-0.39, 0.29) is 5.54 Å². The molecule has 1 N–H and O–H groups in total. The Hall–Kier alpha value is -0.630. The Morgan fingerprint density at radius 1 is 1.35 bits per heavy atom. The van der Waals surface area contributed by atoms with Gasteiger partial charge in [0.25, 0.3) is 0 Å². The van der Waals surface area contributed by atoms with Gasteiger partial charge in [0.15, 0.2) is 0 Å². The molecule has 2 rings (SSSR count). The molecule has 4 heteroatoms. The lowest BCUT2D eigenvalue weighted by molar-refractivity contribution is 0.0726. The van der Waals surface area contributed by atoms with E-state index in [1.807, 2.05) is 0 Å². The molecule has 0 radical (unpaired) electrons. The third-order valence-electron chi connectivity index (χ3n) is 4.83. The van der Waals surface area contributed by atoms with Crippen LogP contribution in [0.15, 0.2) is 0 Å². The standard InChI is InChI=1S/C16H30N4/c1-5-15-10-20(9-8-19(15)4)12-16(11-17,14-6-7-14)18-13(2)3/h13-15,18H,5-10,12H2,1-4H3. The molecule has 2 unspecified atom stereocenters.